The van der Waals surface area contributed by atoms with Crippen LogP contribution < -0.4 is 10.2 Å². The van der Waals surface area contributed by atoms with E-state index in [-0.39, 0.29) is 11.8 Å². The van der Waals surface area contributed by atoms with E-state index in [2.05, 4.69) is 48.3 Å². The molecule has 0 radical (unpaired) electrons. The fourth-order valence-electron chi connectivity index (χ4n) is 4.65. The van der Waals surface area contributed by atoms with E-state index in [1.54, 1.807) is 0 Å². The number of thioether (sulfide) groups is 1. The molecule has 170 valence electrons. The molecule has 0 bridgehead atoms. The largest absolute Gasteiger partial charge is 0.354 e. The highest BCUT2D eigenvalue weighted by Crippen LogP contribution is 2.42. The highest BCUT2D eigenvalue weighted by atomic mass is 32.2. The molecule has 1 N–H and O–H groups in total. The van der Waals surface area contributed by atoms with Crippen LogP contribution in [0.4, 0.5) is 5.69 Å². The molecule has 2 aromatic carbocycles. The van der Waals surface area contributed by atoms with Gasteiger partial charge in [-0.2, -0.15) is 0 Å². The molecule has 5 nitrogen and oxygen atoms in total. The number of para-hydroxylation sites is 1. The summed E-state index contributed by atoms with van der Waals surface area (Å²) < 4.78 is 0. The second kappa shape index (κ2) is 10.1. The van der Waals surface area contributed by atoms with Gasteiger partial charge in [0.05, 0.1) is 18.2 Å². The van der Waals surface area contributed by atoms with E-state index in [1.165, 1.54) is 23.7 Å². The first kappa shape index (κ1) is 22.9. The molecule has 3 atom stereocenters. The Bertz CT molecular complexity index is 962. The summed E-state index contributed by atoms with van der Waals surface area (Å²) in [5, 5.41) is 2.71. The number of rotatable bonds is 7. The standard InChI is InChI=1S/C26H33N3O2S/c1-4-28-15-7-8-21(28)16-27-25(30)19(3)24-26(31)29(17-20-13-11-18(2)12-14-20)22-9-5-6-10-23(22)32-24/h5-6,9-14,19,21,24H,4,7-8,15-17H2,1-3H3,(H,27,30)/t19-,21+,24+/m0/s1. The Morgan fingerprint density at radius 2 is 1.94 bits per heavy atom. The predicted octanol–water partition coefficient (Wildman–Crippen LogP) is 4.24. The SMILES string of the molecule is CCN1CCC[C@@H]1CNC(=O)[C@@H](C)[C@H]1Sc2ccccc2N(Cc2ccc(C)cc2)C1=O. The molecule has 2 aromatic rings. The molecule has 0 unspecified atom stereocenters. The topological polar surface area (TPSA) is 52.7 Å². The molecule has 2 aliphatic heterocycles. The Hall–Kier alpha value is -2.31. The normalized spacial score (nSPS) is 22.0. The van der Waals surface area contributed by atoms with E-state index < -0.39 is 11.2 Å². The van der Waals surface area contributed by atoms with E-state index in [0.29, 0.717) is 19.1 Å². The molecule has 0 aliphatic carbocycles. The fraction of sp³-hybridized carbons (Fsp3) is 0.462. The lowest BCUT2D eigenvalue weighted by atomic mass is 10.0. The van der Waals surface area contributed by atoms with Gasteiger partial charge in [0.2, 0.25) is 11.8 Å². The zero-order valence-electron chi connectivity index (χ0n) is 19.2. The minimum atomic E-state index is -0.429. The number of nitrogens with one attached hydrogen (secondary N) is 1. The first-order valence-corrected chi connectivity index (χ1v) is 12.5. The number of hydrogen-bond acceptors (Lipinski definition) is 4. The summed E-state index contributed by atoms with van der Waals surface area (Å²) in [6.07, 6.45) is 2.31. The van der Waals surface area contributed by atoms with Gasteiger partial charge in [0.25, 0.3) is 0 Å². The summed E-state index contributed by atoms with van der Waals surface area (Å²) in [5.41, 5.74) is 3.21. The van der Waals surface area contributed by atoms with Gasteiger partial charge in [-0.05, 0) is 50.6 Å². The Kier molecular flexibility index (Phi) is 7.21. The zero-order valence-corrected chi connectivity index (χ0v) is 20.0. The Morgan fingerprint density at radius 1 is 1.19 bits per heavy atom. The number of benzene rings is 2. The Labute approximate surface area is 195 Å². The Balaban J connectivity index is 1.49. The third-order valence-electron chi connectivity index (χ3n) is 6.67. The molecule has 6 heteroatoms. The van der Waals surface area contributed by atoms with Crippen molar-refractivity contribution < 1.29 is 9.59 Å². The number of fused-ring (bicyclic) bond motifs is 1. The van der Waals surface area contributed by atoms with E-state index in [1.807, 2.05) is 36.1 Å². The first-order chi connectivity index (χ1) is 15.5. The van der Waals surface area contributed by atoms with Crippen molar-refractivity contribution in [3.8, 4) is 0 Å². The van der Waals surface area contributed by atoms with Crippen LogP contribution in [0.25, 0.3) is 0 Å². The van der Waals surface area contributed by atoms with Crippen LogP contribution in [0.3, 0.4) is 0 Å². The van der Waals surface area contributed by atoms with Crippen LogP contribution >= 0.6 is 11.8 Å². The second-order valence-corrected chi connectivity index (χ2v) is 10.1. The number of amides is 2. The number of aryl methyl sites for hydroxylation is 1. The van der Waals surface area contributed by atoms with Gasteiger partial charge in [-0.3, -0.25) is 14.5 Å². The summed E-state index contributed by atoms with van der Waals surface area (Å²) in [4.78, 5) is 31.9. The van der Waals surface area contributed by atoms with Gasteiger partial charge in [-0.1, -0.05) is 55.8 Å². The van der Waals surface area contributed by atoms with Crippen LogP contribution in [0, 0.1) is 12.8 Å². The van der Waals surface area contributed by atoms with Gasteiger partial charge in [0.15, 0.2) is 0 Å². The maximum absolute atomic E-state index is 13.6. The average Bonchev–Trinajstić information content (AvgIpc) is 3.27. The first-order valence-electron chi connectivity index (χ1n) is 11.6. The van der Waals surface area contributed by atoms with Crippen molar-refractivity contribution >= 4 is 29.3 Å². The van der Waals surface area contributed by atoms with Crippen molar-refractivity contribution in [1.82, 2.24) is 10.2 Å². The van der Waals surface area contributed by atoms with Crippen LogP contribution in [0.1, 0.15) is 37.8 Å². The summed E-state index contributed by atoms with van der Waals surface area (Å²) in [7, 11) is 0. The van der Waals surface area contributed by atoms with E-state index in [4.69, 9.17) is 0 Å². The van der Waals surface area contributed by atoms with Crippen LogP contribution in [-0.2, 0) is 16.1 Å². The predicted molar refractivity (Wildman–Crippen MR) is 131 cm³/mol. The number of likely N-dealkylation sites (N-methyl/N-ethyl adjacent to an activating group) is 1. The number of nitrogens with zero attached hydrogens (tertiary/aromatic N) is 2. The van der Waals surface area contributed by atoms with Crippen molar-refractivity contribution in [2.24, 2.45) is 5.92 Å². The number of carbonyl (C=O) groups is 2. The van der Waals surface area contributed by atoms with Crippen LogP contribution in [0.2, 0.25) is 0 Å². The summed E-state index contributed by atoms with van der Waals surface area (Å²) in [5.74, 6) is -0.431. The van der Waals surface area contributed by atoms with Crippen LogP contribution in [0.5, 0.6) is 0 Å². The minimum absolute atomic E-state index is 0.00739. The molecule has 32 heavy (non-hydrogen) atoms. The van der Waals surface area contributed by atoms with E-state index in [0.717, 1.165) is 35.7 Å². The lowest BCUT2D eigenvalue weighted by molar-refractivity contribution is -0.128. The second-order valence-electron chi connectivity index (χ2n) is 8.87. The van der Waals surface area contributed by atoms with E-state index in [9.17, 15) is 9.59 Å². The molecule has 2 amide bonds. The number of likely N-dealkylation sites (tertiary alicyclic amines) is 1. The third kappa shape index (κ3) is 4.86. The molecular weight excluding hydrogens is 418 g/mol. The Morgan fingerprint density at radius 3 is 2.69 bits per heavy atom. The van der Waals surface area contributed by atoms with Crippen LogP contribution in [-0.4, -0.2) is 47.6 Å². The van der Waals surface area contributed by atoms with Gasteiger partial charge in [-0.15, -0.1) is 11.8 Å². The highest BCUT2D eigenvalue weighted by Gasteiger charge is 2.39. The van der Waals surface area contributed by atoms with Crippen molar-refractivity contribution in [2.75, 3.05) is 24.5 Å². The molecule has 1 saturated heterocycles. The molecule has 0 spiro atoms. The highest BCUT2D eigenvalue weighted by molar-refractivity contribution is 8.01. The zero-order chi connectivity index (χ0) is 22.7. The van der Waals surface area contributed by atoms with Crippen LogP contribution in [0.15, 0.2) is 53.4 Å². The summed E-state index contributed by atoms with van der Waals surface area (Å²) >= 11 is 1.52. The third-order valence-corrected chi connectivity index (χ3v) is 8.13. The van der Waals surface area contributed by atoms with Crippen molar-refractivity contribution in [1.29, 1.82) is 0 Å². The molecule has 2 heterocycles. The molecule has 0 aromatic heterocycles. The van der Waals surface area contributed by atoms with Crippen molar-refractivity contribution in [3.05, 3.63) is 59.7 Å². The molecular formula is C26H33N3O2S. The molecule has 4 rings (SSSR count). The number of anilines is 1. The average molecular weight is 452 g/mol. The maximum Gasteiger partial charge on any atom is 0.241 e. The van der Waals surface area contributed by atoms with Gasteiger partial charge >= 0.3 is 0 Å². The van der Waals surface area contributed by atoms with Crippen molar-refractivity contribution in [3.63, 3.8) is 0 Å². The maximum atomic E-state index is 13.6. The number of carbonyl (C=O) groups excluding carboxylic acids is 2. The van der Waals surface area contributed by atoms with Crippen molar-refractivity contribution in [2.45, 2.75) is 56.3 Å². The van der Waals surface area contributed by atoms with Gasteiger partial charge in [-0.25, -0.2) is 0 Å². The lowest BCUT2D eigenvalue weighted by Gasteiger charge is -2.36. The minimum Gasteiger partial charge on any atom is -0.354 e. The number of hydrogen-bond donors (Lipinski definition) is 1. The van der Waals surface area contributed by atoms with Gasteiger partial charge in [0, 0.05) is 17.5 Å². The molecule has 0 saturated carbocycles. The van der Waals surface area contributed by atoms with E-state index >= 15 is 0 Å². The fourth-order valence-corrected chi connectivity index (χ4v) is 5.94. The molecule has 1 fully saturated rings. The summed E-state index contributed by atoms with van der Waals surface area (Å²) in [6.45, 7) is 9.39. The monoisotopic (exact) mass is 451 g/mol. The lowest BCUT2D eigenvalue weighted by Crippen LogP contribution is -2.48. The molecule has 2 aliphatic rings. The van der Waals surface area contributed by atoms with Gasteiger partial charge in [0.1, 0.15) is 5.25 Å². The smallest absolute Gasteiger partial charge is 0.241 e. The summed E-state index contributed by atoms with van der Waals surface area (Å²) in [6, 6.07) is 16.7. The van der Waals surface area contributed by atoms with Gasteiger partial charge < -0.3 is 10.2 Å². The quantitative estimate of drug-likeness (QED) is 0.684.